The van der Waals surface area contributed by atoms with Crippen LogP contribution in [0, 0.1) is 0 Å². The molecule has 0 fully saturated rings. The molecule has 7 nitrogen and oxygen atoms in total. The minimum atomic E-state index is -0.329. The summed E-state index contributed by atoms with van der Waals surface area (Å²) >= 11 is 3.41. The predicted molar refractivity (Wildman–Crippen MR) is 90.5 cm³/mol. The van der Waals surface area contributed by atoms with E-state index in [-0.39, 0.29) is 17.2 Å². The monoisotopic (exact) mass is 385 g/mol. The molecule has 1 N–H and O–H groups in total. The zero-order chi connectivity index (χ0) is 16.7. The molecule has 0 saturated heterocycles. The number of hydrogen-bond donors (Lipinski definition) is 1. The van der Waals surface area contributed by atoms with Crippen molar-refractivity contribution in [2.24, 2.45) is 0 Å². The first-order valence-corrected chi connectivity index (χ1v) is 8.18. The molecule has 1 amide bonds. The molecule has 4 rings (SSSR count). The Labute approximate surface area is 144 Å². The number of nitrogens with zero attached hydrogens (tertiary/aromatic N) is 4. The highest BCUT2D eigenvalue weighted by Crippen LogP contribution is 2.24. The fourth-order valence-corrected chi connectivity index (χ4v) is 3.14. The normalized spacial score (nSPS) is 13.8. The third kappa shape index (κ3) is 2.69. The summed E-state index contributed by atoms with van der Waals surface area (Å²) in [6.45, 7) is 1.02. The number of nitrogens with one attached hydrogen (secondary N) is 1. The quantitative estimate of drug-likeness (QED) is 0.687. The lowest BCUT2D eigenvalue weighted by Crippen LogP contribution is -2.37. The van der Waals surface area contributed by atoms with Crippen molar-refractivity contribution in [3.8, 4) is 0 Å². The molecule has 1 aliphatic rings. The second-order valence-electron chi connectivity index (χ2n) is 5.58. The van der Waals surface area contributed by atoms with Gasteiger partial charge in [0.25, 0.3) is 11.5 Å². The van der Waals surface area contributed by atoms with E-state index in [1.54, 1.807) is 11.1 Å². The Hall–Kier alpha value is -2.61. The number of carbonyl (C=O) groups is 1. The summed E-state index contributed by atoms with van der Waals surface area (Å²) in [5.74, 6) is -0.204. The third-order valence-corrected chi connectivity index (χ3v) is 4.40. The van der Waals surface area contributed by atoms with Gasteiger partial charge in [0.1, 0.15) is 5.69 Å². The van der Waals surface area contributed by atoms with E-state index in [1.807, 2.05) is 12.1 Å². The van der Waals surface area contributed by atoms with E-state index in [0.29, 0.717) is 25.2 Å². The van der Waals surface area contributed by atoms with E-state index in [9.17, 15) is 9.59 Å². The molecule has 0 atom stereocenters. The van der Waals surface area contributed by atoms with Gasteiger partial charge in [-0.15, -0.1) is 0 Å². The zero-order valence-electron chi connectivity index (χ0n) is 12.5. The van der Waals surface area contributed by atoms with E-state index < -0.39 is 0 Å². The number of halogens is 1. The lowest BCUT2D eigenvalue weighted by atomic mass is 10.0. The van der Waals surface area contributed by atoms with Gasteiger partial charge in [-0.25, -0.2) is 15.1 Å². The van der Waals surface area contributed by atoms with Gasteiger partial charge in [0, 0.05) is 47.3 Å². The van der Waals surface area contributed by atoms with Crippen molar-refractivity contribution in [1.29, 1.82) is 0 Å². The average molecular weight is 386 g/mol. The van der Waals surface area contributed by atoms with Crippen LogP contribution >= 0.6 is 15.9 Å². The van der Waals surface area contributed by atoms with Gasteiger partial charge in [0.2, 0.25) is 0 Å². The van der Waals surface area contributed by atoms with E-state index in [2.05, 4.69) is 36.1 Å². The van der Waals surface area contributed by atoms with Crippen LogP contribution in [0.5, 0.6) is 0 Å². The van der Waals surface area contributed by atoms with E-state index >= 15 is 0 Å². The van der Waals surface area contributed by atoms with Gasteiger partial charge in [-0.3, -0.25) is 9.59 Å². The van der Waals surface area contributed by atoms with Gasteiger partial charge in [-0.1, -0.05) is 0 Å². The second kappa shape index (κ2) is 5.79. The van der Waals surface area contributed by atoms with Crippen molar-refractivity contribution < 1.29 is 4.79 Å². The van der Waals surface area contributed by atoms with Gasteiger partial charge < -0.3 is 4.90 Å². The third-order valence-electron chi connectivity index (χ3n) is 3.97. The first-order valence-electron chi connectivity index (χ1n) is 7.39. The maximum atomic E-state index is 12.5. The van der Waals surface area contributed by atoms with Crippen LogP contribution in [0.1, 0.15) is 21.7 Å². The van der Waals surface area contributed by atoms with Crippen LogP contribution in [0.25, 0.3) is 11.0 Å². The van der Waals surface area contributed by atoms with Gasteiger partial charge in [-0.05, 0) is 39.7 Å². The number of rotatable bonds is 1. The Morgan fingerprint density at radius 2 is 2.17 bits per heavy atom. The summed E-state index contributed by atoms with van der Waals surface area (Å²) in [6, 6.07) is 6.72. The maximum absolute atomic E-state index is 12.5. The molecular weight excluding hydrogens is 374 g/mol. The molecule has 4 heterocycles. The largest absolute Gasteiger partial charge is 0.332 e. The number of fused-ring (bicyclic) bond motifs is 2. The molecular formula is C16H12BrN5O2. The molecule has 0 aromatic carbocycles. The molecule has 8 heteroatoms. The molecule has 0 spiro atoms. The van der Waals surface area contributed by atoms with Crippen molar-refractivity contribution in [1.82, 2.24) is 25.1 Å². The van der Waals surface area contributed by atoms with E-state index in [4.69, 9.17) is 0 Å². The molecule has 0 bridgehead atoms. The van der Waals surface area contributed by atoms with Crippen LogP contribution in [0.3, 0.4) is 0 Å². The van der Waals surface area contributed by atoms with Crippen LogP contribution in [-0.2, 0) is 13.0 Å². The predicted octanol–water partition coefficient (Wildman–Crippen LogP) is 1.67. The number of H-pyrrole nitrogens is 1. The number of aromatic nitrogens is 4. The summed E-state index contributed by atoms with van der Waals surface area (Å²) in [6.07, 6.45) is 2.39. The Morgan fingerprint density at radius 3 is 2.96 bits per heavy atom. The highest BCUT2D eigenvalue weighted by atomic mass is 79.9. The first-order chi connectivity index (χ1) is 11.6. The number of pyridine rings is 2. The molecule has 24 heavy (non-hydrogen) atoms. The van der Waals surface area contributed by atoms with Crippen LogP contribution in [0.15, 0.2) is 39.7 Å². The molecule has 0 radical (unpaired) electrons. The summed E-state index contributed by atoms with van der Waals surface area (Å²) in [4.78, 5) is 34.2. The molecule has 0 unspecified atom stereocenters. The van der Waals surface area contributed by atoms with Crippen molar-refractivity contribution in [2.45, 2.75) is 13.0 Å². The van der Waals surface area contributed by atoms with Crippen LogP contribution in [0.4, 0.5) is 0 Å². The van der Waals surface area contributed by atoms with Gasteiger partial charge in [0.05, 0.1) is 0 Å². The summed E-state index contributed by atoms with van der Waals surface area (Å²) < 4.78 is 0.887. The van der Waals surface area contributed by atoms with Gasteiger partial charge in [0.15, 0.2) is 5.65 Å². The molecule has 3 aromatic rings. The summed E-state index contributed by atoms with van der Waals surface area (Å²) in [5, 5.41) is 7.03. The van der Waals surface area contributed by atoms with Crippen molar-refractivity contribution >= 4 is 32.9 Å². The maximum Gasteiger partial charge on any atom is 0.274 e. The van der Waals surface area contributed by atoms with E-state index in [1.165, 1.54) is 12.1 Å². The fraction of sp³-hybridized carbons (Fsp3) is 0.188. The Kier molecular flexibility index (Phi) is 3.61. The van der Waals surface area contributed by atoms with Crippen molar-refractivity contribution in [2.75, 3.05) is 6.54 Å². The molecule has 1 aliphatic heterocycles. The number of aromatic amines is 1. The Morgan fingerprint density at radius 1 is 1.29 bits per heavy atom. The topological polar surface area (TPSA) is 91.8 Å². The number of carbonyl (C=O) groups excluding carboxylic acids is 1. The number of amides is 1. The minimum Gasteiger partial charge on any atom is -0.332 e. The highest BCUT2D eigenvalue weighted by Gasteiger charge is 2.24. The van der Waals surface area contributed by atoms with Gasteiger partial charge >= 0.3 is 0 Å². The first kappa shape index (κ1) is 14.9. The lowest BCUT2D eigenvalue weighted by molar-refractivity contribution is 0.0726. The SMILES string of the molecule is O=C(c1ccc(=O)[nH]n1)N1CCc2nc3ncc(Br)cc3cc2C1. The molecule has 120 valence electrons. The summed E-state index contributed by atoms with van der Waals surface area (Å²) in [5.41, 5.74) is 2.58. The average Bonchev–Trinajstić information content (AvgIpc) is 2.59. The van der Waals surface area contributed by atoms with Crippen LogP contribution in [-0.4, -0.2) is 37.5 Å². The fourth-order valence-electron chi connectivity index (χ4n) is 2.80. The molecule has 3 aromatic heterocycles. The standard InChI is InChI=1S/C16H12BrN5O2/c17-11-6-9-5-10-8-22(4-3-12(10)19-15(9)18-7-11)16(24)13-1-2-14(23)21-20-13/h1-2,5-7H,3-4,8H2,(H,21,23). The Balaban J connectivity index is 1.66. The van der Waals surface area contributed by atoms with E-state index in [0.717, 1.165) is 21.1 Å². The minimum absolute atomic E-state index is 0.204. The molecule has 0 saturated carbocycles. The summed E-state index contributed by atoms with van der Waals surface area (Å²) in [7, 11) is 0. The van der Waals surface area contributed by atoms with Crippen molar-refractivity contribution in [3.05, 3.63) is 62.2 Å². The smallest absolute Gasteiger partial charge is 0.274 e. The van der Waals surface area contributed by atoms with Crippen LogP contribution < -0.4 is 5.56 Å². The highest BCUT2D eigenvalue weighted by molar-refractivity contribution is 9.10. The van der Waals surface area contributed by atoms with Crippen molar-refractivity contribution in [3.63, 3.8) is 0 Å². The Bertz CT molecular complexity index is 997. The molecule has 0 aliphatic carbocycles. The number of hydrogen-bond acceptors (Lipinski definition) is 5. The van der Waals surface area contributed by atoms with Gasteiger partial charge in [-0.2, -0.15) is 5.10 Å². The second-order valence-corrected chi connectivity index (χ2v) is 6.49. The lowest BCUT2D eigenvalue weighted by Gasteiger charge is -2.28. The zero-order valence-corrected chi connectivity index (χ0v) is 14.1. The van der Waals surface area contributed by atoms with Crippen LogP contribution in [0.2, 0.25) is 0 Å².